The maximum absolute atomic E-state index is 13.9. The highest BCUT2D eigenvalue weighted by molar-refractivity contribution is 5.95. The van der Waals surface area contributed by atoms with Gasteiger partial charge < -0.3 is 19.9 Å². The van der Waals surface area contributed by atoms with E-state index in [9.17, 15) is 4.79 Å². The van der Waals surface area contributed by atoms with E-state index < -0.39 is 0 Å². The molecule has 0 saturated carbocycles. The van der Waals surface area contributed by atoms with E-state index in [-0.39, 0.29) is 5.56 Å². The molecule has 206 valence electrons. The van der Waals surface area contributed by atoms with Gasteiger partial charge in [0.1, 0.15) is 5.39 Å². The maximum Gasteiger partial charge on any atom is 0.284 e. The number of aryl methyl sites for hydroxylation is 1. The van der Waals surface area contributed by atoms with E-state index in [1.54, 1.807) is 17.9 Å². The zero-order valence-corrected chi connectivity index (χ0v) is 23.1. The van der Waals surface area contributed by atoms with Crippen LogP contribution in [-0.4, -0.2) is 74.4 Å². The molecule has 0 bridgehead atoms. The number of para-hydroxylation sites is 1. The van der Waals surface area contributed by atoms with Gasteiger partial charge in [-0.3, -0.25) is 4.79 Å². The third-order valence-corrected chi connectivity index (χ3v) is 7.61. The molecule has 1 N–H and O–H groups in total. The van der Waals surface area contributed by atoms with Crippen LogP contribution in [0, 0.1) is 6.92 Å². The molecule has 0 unspecified atom stereocenters. The summed E-state index contributed by atoms with van der Waals surface area (Å²) < 4.78 is 8.60. The van der Waals surface area contributed by atoms with E-state index in [0.29, 0.717) is 34.3 Å². The Morgan fingerprint density at radius 2 is 1.73 bits per heavy atom. The quantitative estimate of drug-likeness (QED) is 0.345. The monoisotopic (exact) mass is 547 g/mol. The number of anilines is 3. The lowest BCUT2D eigenvalue weighted by Gasteiger charge is -2.35. The first-order valence-electron chi connectivity index (χ1n) is 13.5. The summed E-state index contributed by atoms with van der Waals surface area (Å²) in [5.74, 6) is 1.35. The van der Waals surface area contributed by atoms with Crippen LogP contribution in [0.3, 0.4) is 0 Å². The Labute approximate surface area is 235 Å². The molecule has 6 aromatic rings. The lowest BCUT2D eigenvalue weighted by Crippen LogP contribution is -2.44. The second-order valence-electron chi connectivity index (χ2n) is 10.3. The second kappa shape index (κ2) is 9.86. The van der Waals surface area contributed by atoms with Gasteiger partial charge in [0, 0.05) is 55.2 Å². The molecule has 11 nitrogen and oxygen atoms in total. The Hall–Kier alpha value is -5.03. The Kier molecular flexibility index (Phi) is 6.01. The van der Waals surface area contributed by atoms with E-state index in [2.05, 4.69) is 56.2 Å². The molecule has 5 heterocycles. The molecular weight excluding hydrogens is 518 g/mol. The number of nitrogens with one attached hydrogen (secondary N) is 1. The molecule has 41 heavy (non-hydrogen) atoms. The summed E-state index contributed by atoms with van der Waals surface area (Å²) in [6, 6.07) is 19.4. The van der Waals surface area contributed by atoms with Crippen molar-refractivity contribution in [1.29, 1.82) is 0 Å². The van der Waals surface area contributed by atoms with Gasteiger partial charge in [-0.25, -0.2) is 14.6 Å². The van der Waals surface area contributed by atoms with Gasteiger partial charge >= 0.3 is 0 Å². The average Bonchev–Trinajstić information content (AvgIpc) is 3.32. The van der Waals surface area contributed by atoms with Crippen LogP contribution in [-0.2, 0) is 0 Å². The van der Waals surface area contributed by atoms with Gasteiger partial charge in [0.15, 0.2) is 17.1 Å². The minimum atomic E-state index is -0.287. The van der Waals surface area contributed by atoms with Crippen LogP contribution < -0.4 is 20.5 Å². The molecule has 1 fully saturated rings. The van der Waals surface area contributed by atoms with Crippen molar-refractivity contribution >= 4 is 44.9 Å². The van der Waals surface area contributed by atoms with Gasteiger partial charge in [-0.2, -0.15) is 14.5 Å². The van der Waals surface area contributed by atoms with Gasteiger partial charge in [0.05, 0.1) is 12.6 Å². The molecule has 1 aliphatic rings. The second-order valence-corrected chi connectivity index (χ2v) is 10.3. The molecule has 0 amide bonds. The minimum Gasteiger partial charge on any atom is -0.481 e. The Morgan fingerprint density at radius 3 is 2.54 bits per heavy atom. The summed E-state index contributed by atoms with van der Waals surface area (Å²) in [4.78, 5) is 37.1. The molecule has 11 heteroatoms. The largest absolute Gasteiger partial charge is 0.481 e. The number of fused-ring (bicyclic) bond motifs is 4. The number of hydrogen-bond donors (Lipinski definition) is 1. The van der Waals surface area contributed by atoms with Gasteiger partial charge in [-0.15, -0.1) is 0 Å². The summed E-state index contributed by atoms with van der Waals surface area (Å²) in [5.41, 5.74) is 4.59. The summed E-state index contributed by atoms with van der Waals surface area (Å²) in [6.07, 6.45) is 1.53. The molecule has 7 rings (SSSR count). The van der Waals surface area contributed by atoms with Crippen LogP contribution in [0.15, 0.2) is 71.7 Å². The molecule has 1 saturated heterocycles. The number of rotatable bonds is 5. The van der Waals surface area contributed by atoms with Crippen LogP contribution in [0.2, 0.25) is 0 Å². The molecule has 0 atom stereocenters. The van der Waals surface area contributed by atoms with Crippen molar-refractivity contribution in [2.24, 2.45) is 0 Å². The number of benzene rings is 2. The van der Waals surface area contributed by atoms with Crippen molar-refractivity contribution in [2.45, 2.75) is 6.92 Å². The third kappa shape index (κ3) is 4.30. The molecule has 4 aromatic heterocycles. The fourth-order valence-electron chi connectivity index (χ4n) is 5.47. The van der Waals surface area contributed by atoms with Crippen LogP contribution in [0.25, 0.3) is 33.4 Å². The summed E-state index contributed by atoms with van der Waals surface area (Å²) in [6.45, 7) is 6.25. The molecular formula is C30H29N9O2. The van der Waals surface area contributed by atoms with E-state index in [1.807, 2.05) is 42.5 Å². The number of piperazine rings is 1. The summed E-state index contributed by atoms with van der Waals surface area (Å²) >= 11 is 0. The average molecular weight is 548 g/mol. The van der Waals surface area contributed by atoms with Crippen LogP contribution >= 0.6 is 0 Å². The van der Waals surface area contributed by atoms with Crippen molar-refractivity contribution in [3.8, 4) is 11.7 Å². The van der Waals surface area contributed by atoms with Crippen molar-refractivity contribution < 1.29 is 4.74 Å². The van der Waals surface area contributed by atoms with E-state index in [0.717, 1.165) is 42.8 Å². The van der Waals surface area contributed by atoms with E-state index in [1.165, 1.54) is 22.0 Å². The van der Waals surface area contributed by atoms with Gasteiger partial charge in [0.25, 0.3) is 5.56 Å². The van der Waals surface area contributed by atoms with Crippen molar-refractivity contribution in [2.75, 3.05) is 50.6 Å². The smallest absolute Gasteiger partial charge is 0.284 e. The number of methoxy groups -OCH3 is 1. The SMILES string of the molecule is COc1cccc(-n2c3ccccc3c3nc4nc(Nc5ccc(N6CCN(C)CC6)c(C)c5)ncc4c(=O)n32)n1. The van der Waals surface area contributed by atoms with Crippen LogP contribution in [0.4, 0.5) is 17.3 Å². The first-order valence-corrected chi connectivity index (χ1v) is 13.5. The molecule has 2 aromatic carbocycles. The minimum absolute atomic E-state index is 0.287. The standard InChI is InChI=1S/C30H29N9O2/c1-19-17-20(11-12-23(19)37-15-13-36(2)14-16-37)32-30-31-18-22-27(35-30)34-28-21-7-4-5-8-24(21)38(39(28)29(22)40)25-9-6-10-26(33-25)41-3/h4-12,17-18H,13-16H2,1-3H3,(H,31,32,35). The van der Waals surface area contributed by atoms with Crippen molar-refractivity contribution in [3.63, 3.8) is 0 Å². The summed E-state index contributed by atoms with van der Waals surface area (Å²) in [7, 11) is 3.72. The molecule has 1 aliphatic heterocycles. The molecule has 0 spiro atoms. The lowest BCUT2D eigenvalue weighted by atomic mass is 10.1. The topological polar surface area (TPSA) is 106 Å². The predicted octanol–water partition coefficient (Wildman–Crippen LogP) is 3.79. The predicted molar refractivity (Wildman–Crippen MR) is 160 cm³/mol. The fourth-order valence-corrected chi connectivity index (χ4v) is 5.47. The van der Waals surface area contributed by atoms with Gasteiger partial charge in [0.2, 0.25) is 11.8 Å². The first kappa shape index (κ1) is 25.0. The number of likely N-dealkylation sites (N-methyl/N-ethyl adjacent to an activating group) is 1. The zero-order chi connectivity index (χ0) is 28.1. The van der Waals surface area contributed by atoms with Gasteiger partial charge in [-0.1, -0.05) is 18.2 Å². The number of pyridine rings is 1. The first-order chi connectivity index (χ1) is 20.0. The highest BCUT2D eigenvalue weighted by Gasteiger charge is 2.20. The zero-order valence-electron chi connectivity index (χ0n) is 23.1. The Balaban J connectivity index is 1.29. The Morgan fingerprint density at radius 1 is 0.902 bits per heavy atom. The number of nitrogens with zero attached hydrogens (tertiary/aromatic N) is 8. The van der Waals surface area contributed by atoms with Crippen molar-refractivity contribution in [3.05, 3.63) is 82.8 Å². The maximum atomic E-state index is 13.9. The highest BCUT2D eigenvalue weighted by atomic mass is 16.5. The van der Waals surface area contributed by atoms with Gasteiger partial charge in [-0.05, 0) is 55.9 Å². The molecule has 0 radical (unpaired) electrons. The van der Waals surface area contributed by atoms with Crippen LogP contribution in [0.5, 0.6) is 5.88 Å². The van der Waals surface area contributed by atoms with E-state index >= 15 is 0 Å². The van der Waals surface area contributed by atoms with Crippen molar-refractivity contribution in [1.82, 2.24) is 34.0 Å². The molecule has 0 aliphatic carbocycles. The number of hydrogen-bond acceptors (Lipinski definition) is 9. The Bertz CT molecular complexity index is 1990. The fraction of sp³-hybridized carbons (Fsp3) is 0.233. The summed E-state index contributed by atoms with van der Waals surface area (Å²) in [5, 5.41) is 4.41. The number of ether oxygens (including phenoxy) is 1. The van der Waals surface area contributed by atoms with E-state index in [4.69, 9.17) is 9.72 Å². The lowest BCUT2D eigenvalue weighted by molar-refractivity contribution is 0.312. The normalized spacial score (nSPS) is 14.3. The van der Waals surface area contributed by atoms with Crippen LogP contribution in [0.1, 0.15) is 5.56 Å². The highest BCUT2D eigenvalue weighted by Crippen LogP contribution is 2.27. The number of aromatic nitrogens is 6. The third-order valence-electron chi connectivity index (χ3n) is 7.61.